The van der Waals surface area contributed by atoms with E-state index < -0.39 is 0 Å². The van der Waals surface area contributed by atoms with Gasteiger partial charge in [-0.15, -0.1) is 0 Å². The van der Waals surface area contributed by atoms with Gasteiger partial charge in [0.25, 0.3) is 0 Å². The van der Waals surface area contributed by atoms with E-state index in [0.29, 0.717) is 16.2 Å². The Balaban J connectivity index is 2.26. The first kappa shape index (κ1) is 16.2. The van der Waals surface area contributed by atoms with Crippen LogP contribution in [0.1, 0.15) is 32.6 Å². The molecular formula is C14H21BrN4O2. The zero-order valence-electron chi connectivity index (χ0n) is 12.2. The highest BCUT2D eigenvalue weighted by Gasteiger charge is 2.25. The van der Waals surface area contributed by atoms with Crippen LogP contribution in [0, 0.1) is 10.1 Å². The molecule has 7 heteroatoms. The number of hydrogen-bond acceptors (Lipinski definition) is 5. The van der Waals surface area contributed by atoms with Crippen LogP contribution >= 0.6 is 15.9 Å². The van der Waals surface area contributed by atoms with E-state index in [0.717, 1.165) is 32.5 Å². The molecule has 1 atom stereocenters. The maximum absolute atomic E-state index is 11.3. The Morgan fingerprint density at radius 3 is 2.95 bits per heavy atom. The third kappa shape index (κ3) is 4.14. The quantitative estimate of drug-likeness (QED) is 0.626. The minimum atomic E-state index is -0.357. The van der Waals surface area contributed by atoms with Crippen molar-refractivity contribution in [3.63, 3.8) is 0 Å². The van der Waals surface area contributed by atoms with E-state index in [2.05, 4.69) is 38.1 Å². The van der Waals surface area contributed by atoms with Crippen molar-refractivity contribution >= 4 is 27.3 Å². The van der Waals surface area contributed by atoms with Gasteiger partial charge >= 0.3 is 5.69 Å². The summed E-state index contributed by atoms with van der Waals surface area (Å²) in [4.78, 5) is 16.9. The number of halogens is 1. The van der Waals surface area contributed by atoms with Crippen LogP contribution in [-0.2, 0) is 0 Å². The molecular weight excluding hydrogens is 336 g/mol. The second-order valence-electron chi connectivity index (χ2n) is 5.34. The Kier molecular flexibility index (Phi) is 5.93. The van der Waals surface area contributed by atoms with Crippen LogP contribution in [-0.4, -0.2) is 35.6 Å². The molecule has 1 unspecified atom stereocenters. The van der Waals surface area contributed by atoms with Crippen LogP contribution < -0.4 is 10.2 Å². The molecule has 2 heterocycles. The van der Waals surface area contributed by atoms with Crippen LogP contribution in [0.2, 0.25) is 0 Å². The van der Waals surface area contributed by atoms with Gasteiger partial charge in [-0.1, -0.05) is 13.3 Å². The van der Waals surface area contributed by atoms with Gasteiger partial charge in [0.2, 0.25) is 0 Å². The Labute approximate surface area is 133 Å². The van der Waals surface area contributed by atoms with E-state index >= 15 is 0 Å². The number of hydrogen-bond donors (Lipinski definition) is 1. The SMILES string of the molecule is CCCN(CC1CCCCN1)c1c(Br)cncc1[N+](=O)[O-]. The summed E-state index contributed by atoms with van der Waals surface area (Å²) in [5.41, 5.74) is 0.706. The first-order valence-electron chi connectivity index (χ1n) is 7.39. The van der Waals surface area contributed by atoms with Gasteiger partial charge in [0, 0.05) is 25.3 Å². The van der Waals surface area contributed by atoms with Crippen LogP contribution in [0.3, 0.4) is 0 Å². The summed E-state index contributed by atoms with van der Waals surface area (Å²) in [5, 5.41) is 14.8. The minimum absolute atomic E-state index is 0.0636. The second kappa shape index (κ2) is 7.70. The van der Waals surface area contributed by atoms with Crippen molar-refractivity contribution in [3.05, 3.63) is 27.0 Å². The topological polar surface area (TPSA) is 71.3 Å². The molecule has 0 spiro atoms. The van der Waals surface area contributed by atoms with Gasteiger partial charge in [0.1, 0.15) is 11.9 Å². The first-order valence-corrected chi connectivity index (χ1v) is 8.19. The zero-order chi connectivity index (χ0) is 15.2. The Morgan fingerprint density at radius 1 is 1.52 bits per heavy atom. The summed E-state index contributed by atoms with van der Waals surface area (Å²) in [7, 11) is 0. The third-order valence-electron chi connectivity index (χ3n) is 3.71. The summed E-state index contributed by atoms with van der Waals surface area (Å²) in [6.07, 6.45) is 7.45. The molecule has 1 saturated heterocycles. The molecule has 0 aromatic carbocycles. The molecule has 1 aliphatic heterocycles. The van der Waals surface area contributed by atoms with Gasteiger partial charge in [0.15, 0.2) is 0 Å². The monoisotopic (exact) mass is 356 g/mol. The lowest BCUT2D eigenvalue weighted by atomic mass is 10.0. The zero-order valence-corrected chi connectivity index (χ0v) is 13.8. The third-order valence-corrected chi connectivity index (χ3v) is 4.29. The number of nitrogens with one attached hydrogen (secondary N) is 1. The highest BCUT2D eigenvalue weighted by molar-refractivity contribution is 9.10. The highest BCUT2D eigenvalue weighted by Crippen LogP contribution is 2.35. The number of nitrogens with zero attached hydrogens (tertiary/aromatic N) is 3. The summed E-state index contributed by atoms with van der Waals surface area (Å²) >= 11 is 3.42. The predicted octanol–water partition coefficient (Wildman–Crippen LogP) is 3.11. The average Bonchev–Trinajstić information content (AvgIpc) is 2.47. The summed E-state index contributed by atoms with van der Waals surface area (Å²) in [5.74, 6) is 0. The summed E-state index contributed by atoms with van der Waals surface area (Å²) in [6, 6.07) is 0.393. The van der Waals surface area contributed by atoms with Gasteiger partial charge in [-0.05, 0) is 41.7 Å². The number of nitro groups is 1. The lowest BCUT2D eigenvalue weighted by Gasteiger charge is -2.32. The normalized spacial score (nSPS) is 18.5. The fourth-order valence-electron chi connectivity index (χ4n) is 2.77. The van der Waals surface area contributed by atoms with Crippen molar-refractivity contribution in [2.75, 3.05) is 24.5 Å². The molecule has 6 nitrogen and oxygen atoms in total. The number of aromatic nitrogens is 1. The number of anilines is 1. The van der Waals surface area contributed by atoms with Crippen molar-refractivity contribution in [1.82, 2.24) is 10.3 Å². The summed E-state index contributed by atoms with van der Waals surface area (Å²) < 4.78 is 0.681. The van der Waals surface area contributed by atoms with E-state index in [9.17, 15) is 10.1 Å². The Bertz CT molecular complexity index is 492. The van der Waals surface area contributed by atoms with Crippen molar-refractivity contribution in [3.8, 4) is 0 Å². The largest absolute Gasteiger partial charge is 0.363 e. The molecule has 0 bridgehead atoms. The van der Waals surface area contributed by atoms with Gasteiger partial charge in [-0.25, -0.2) is 0 Å². The molecule has 0 radical (unpaired) electrons. The lowest BCUT2D eigenvalue weighted by molar-refractivity contribution is -0.384. The molecule has 1 aromatic rings. The molecule has 0 aliphatic carbocycles. The number of piperidine rings is 1. The van der Waals surface area contributed by atoms with Gasteiger partial charge < -0.3 is 10.2 Å². The second-order valence-corrected chi connectivity index (χ2v) is 6.19. The average molecular weight is 357 g/mol. The van der Waals surface area contributed by atoms with E-state index in [1.54, 1.807) is 6.20 Å². The van der Waals surface area contributed by atoms with Gasteiger partial charge in [0.05, 0.1) is 9.40 Å². The molecule has 1 aliphatic rings. The van der Waals surface area contributed by atoms with Gasteiger partial charge in [-0.2, -0.15) is 0 Å². The first-order chi connectivity index (χ1) is 10.1. The number of pyridine rings is 1. The van der Waals surface area contributed by atoms with Crippen LogP contribution in [0.15, 0.2) is 16.9 Å². The fraction of sp³-hybridized carbons (Fsp3) is 0.643. The van der Waals surface area contributed by atoms with Crippen LogP contribution in [0.5, 0.6) is 0 Å². The van der Waals surface area contributed by atoms with E-state index in [-0.39, 0.29) is 10.6 Å². The minimum Gasteiger partial charge on any atom is -0.363 e. The standard InChI is InChI=1S/C14H21BrN4O2/c1-2-7-18(10-11-5-3-4-6-17-11)14-12(15)8-16-9-13(14)19(20)21/h8-9,11,17H,2-7,10H2,1H3. The van der Waals surface area contributed by atoms with Crippen molar-refractivity contribution < 1.29 is 4.92 Å². The lowest BCUT2D eigenvalue weighted by Crippen LogP contribution is -2.44. The predicted molar refractivity (Wildman–Crippen MR) is 86.7 cm³/mol. The molecule has 1 aromatic heterocycles. The van der Waals surface area contributed by atoms with Crippen LogP contribution in [0.25, 0.3) is 0 Å². The Morgan fingerprint density at radius 2 is 2.33 bits per heavy atom. The van der Waals surface area contributed by atoms with Crippen molar-refractivity contribution in [2.24, 2.45) is 0 Å². The Hall–Kier alpha value is -1.21. The smallest absolute Gasteiger partial charge is 0.311 e. The highest BCUT2D eigenvalue weighted by atomic mass is 79.9. The van der Waals surface area contributed by atoms with E-state index in [1.165, 1.54) is 19.0 Å². The maximum atomic E-state index is 11.3. The van der Waals surface area contributed by atoms with Crippen molar-refractivity contribution in [2.45, 2.75) is 38.6 Å². The van der Waals surface area contributed by atoms with Gasteiger partial charge in [-0.3, -0.25) is 15.1 Å². The molecule has 2 rings (SSSR count). The molecule has 0 saturated carbocycles. The summed E-state index contributed by atoms with van der Waals surface area (Å²) in [6.45, 7) is 4.70. The molecule has 116 valence electrons. The molecule has 1 N–H and O–H groups in total. The molecule has 1 fully saturated rings. The van der Waals surface area contributed by atoms with E-state index in [1.807, 2.05) is 0 Å². The van der Waals surface area contributed by atoms with Crippen LogP contribution in [0.4, 0.5) is 11.4 Å². The maximum Gasteiger partial charge on any atom is 0.311 e. The molecule has 0 amide bonds. The number of rotatable bonds is 6. The van der Waals surface area contributed by atoms with E-state index in [4.69, 9.17) is 0 Å². The van der Waals surface area contributed by atoms with Crippen molar-refractivity contribution in [1.29, 1.82) is 0 Å². The molecule has 21 heavy (non-hydrogen) atoms. The fourth-order valence-corrected chi connectivity index (χ4v) is 3.35.